The monoisotopic (exact) mass is 291 g/mol. The van der Waals surface area contributed by atoms with Gasteiger partial charge in [-0.05, 0) is 29.5 Å². The van der Waals surface area contributed by atoms with Crippen LogP contribution in [-0.4, -0.2) is 14.8 Å². The molecule has 0 radical (unpaired) electrons. The van der Waals surface area contributed by atoms with E-state index in [1.807, 2.05) is 24.7 Å². The van der Waals surface area contributed by atoms with Gasteiger partial charge in [-0.3, -0.25) is 0 Å². The lowest BCUT2D eigenvalue weighted by Crippen LogP contribution is -1.93. The molecule has 0 aliphatic rings. The molecule has 0 aliphatic carbocycles. The Morgan fingerprint density at radius 2 is 2.42 bits per heavy atom. The van der Waals surface area contributed by atoms with E-state index in [1.165, 1.54) is 0 Å². The van der Waals surface area contributed by atoms with E-state index in [2.05, 4.69) is 32.7 Å². The minimum Gasteiger partial charge on any atom is -0.222 e. The van der Waals surface area contributed by atoms with E-state index in [9.17, 15) is 0 Å². The minimum absolute atomic E-state index is 0.903. The third-order valence-corrected chi connectivity index (χ3v) is 2.71. The summed E-state index contributed by atoms with van der Waals surface area (Å²) in [4.78, 5) is 4.31. The Labute approximate surface area is 87.6 Å². The van der Waals surface area contributed by atoms with Crippen LogP contribution >= 0.6 is 33.9 Å². The zero-order chi connectivity index (χ0) is 8.55. The molecule has 0 aromatic carbocycles. The van der Waals surface area contributed by atoms with E-state index in [4.69, 9.17) is 0 Å². The number of halogens is 1. The Hall–Kier alpha value is -0.430. The van der Waals surface area contributed by atoms with Crippen molar-refractivity contribution in [2.45, 2.75) is 6.92 Å². The summed E-state index contributed by atoms with van der Waals surface area (Å²) in [6, 6.07) is 0. The first kappa shape index (κ1) is 8.18. The van der Waals surface area contributed by atoms with Gasteiger partial charge in [-0.1, -0.05) is 0 Å². The molecule has 0 N–H and O–H groups in total. The average Bonchev–Trinajstić information content (AvgIpc) is 2.58. The quantitative estimate of drug-likeness (QED) is 0.754. The molecule has 2 aromatic rings. The van der Waals surface area contributed by atoms with E-state index in [0.29, 0.717) is 0 Å². The summed E-state index contributed by atoms with van der Waals surface area (Å²) in [5.41, 5.74) is 0. The zero-order valence-corrected chi connectivity index (χ0v) is 9.33. The molecule has 0 fully saturated rings. The van der Waals surface area contributed by atoms with E-state index in [1.54, 1.807) is 16.0 Å². The minimum atomic E-state index is 0.903. The van der Waals surface area contributed by atoms with Gasteiger partial charge in [0, 0.05) is 11.6 Å². The Morgan fingerprint density at radius 3 is 2.92 bits per heavy atom. The van der Waals surface area contributed by atoms with Gasteiger partial charge in [0.2, 0.25) is 0 Å². The van der Waals surface area contributed by atoms with Crippen molar-refractivity contribution in [2.24, 2.45) is 0 Å². The third kappa shape index (κ3) is 1.51. The molecule has 3 nitrogen and oxygen atoms in total. The molecule has 0 aliphatic heterocycles. The van der Waals surface area contributed by atoms with Crippen molar-refractivity contribution < 1.29 is 0 Å². The predicted octanol–water partition coefficient (Wildman–Crippen LogP) is 2.24. The second kappa shape index (κ2) is 3.14. The van der Waals surface area contributed by atoms with Crippen LogP contribution in [-0.2, 0) is 0 Å². The summed E-state index contributed by atoms with van der Waals surface area (Å²) in [5.74, 6) is 0.903. The molecule has 0 saturated heterocycles. The van der Waals surface area contributed by atoms with E-state index in [0.717, 1.165) is 14.4 Å². The molecule has 0 amide bonds. The summed E-state index contributed by atoms with van der Waals surface area (Å²) in [7, 11) is 0. The van der Waals surface area contributed by atoms with Crippen molar-refractivity contribution in [1.82, 2.24) is 14.8 Å². The van der Waals surface area contributed by atoms with Crippen molar-refractivity contribution in [2.75, 3.05) is 0 Å². The molecule has 0 spiro atoms. The van der Waals surface area contributed by atoms with Crippen LogP contribution in [0.25, 0.3) is 5.82 Å². The number of hydrogen-bond donors (Lipinski definition) is 0. The van der Waals surface area contributed by atoms with Gasteiger partial charge >= 0.3 is 0 Å². The Balaban J connectivity index is 2.43. The van der Waals surface area contributed by atoms with Crippen LogP contribution in [0.1, 0.15) is 5.01 Å². The van der Waals surface area contributed by atoms with Crippen molar-refractivity contribution in [1.29, 1.82) is 0 Å². The first-order valence-electron chi connectivity index (χ1n) is 3.38. The first-order valence-corrected chi connectivity index (χ1v) is 5.34. The molecule has 0 saturated carbocycles. The molecule has 0 atom stereocenters. The van der Waals surface area contributed by atoms with Crippen LogP contribution in [0.3, 0.4) is 0 Å². The van der Waals surface area contributed by atoms with Crippen LogP contribution in [0, 0.1) is 10.5 Å². The molecule has 5 heteroatoms. The molecular formula is C7H6IN3S. The number of aryl methyl sites for hydroxylation is 1. The van der Waals surface area contributed by atoms with Crippen LogP contribution in [0.15, 0.2) is 17.8 Å². The normalized spacial score (nSPS) is 10.5. The largest absolute Gasteiger partial charge is 0.222 e. The van der Waals surface area contributed by atoms with Gasteiger partial charge in [-0.25, -0.2) is 9.67 Å². The fourth-order valence-electron chi connectivity index (χ4n) is 0.883. The second-order valence-electron chi connectivity index (χ2n) is 2.33. The average molecular weight is 291 g/mol. The maximum atomic E-state index is 4.31. The smallest absolute Gasteiger partial charge is 0.164 e. The second-order valence-corrected chi connectivity index (χ2v) is 4.64. The number of aromatic nitrogens is 3. The highest BCUT2D eigenvalue weighted by Crippen LogP contribution is 2.13. The van der Waals surface area contributed by atoms with E-state index in [-0.39, 0.29) is 0 Å². The van der Waals surface area contributed by atoms with Gasteiger partial charge in [0.15, 0.2) is 5.82 Å². The molecular weight excluding hydrogens is 285 g/mol. The summed E-state index contributed by atoms with van der Waals surface area (Å²) in [5, 5.41) is 7.22. The molecule has 2 heterocycles. The Morgan fingerprint density at radius 1 is 1.58 bits per heavy atom. The molecule has 12 heavy (non-hydrogen) atoms. The number of hydrogen-bond acceptors (Lipinski definition) is 3. The highest BCUT2D eigenvalue weighted by atomic mass is 127. The van der Waals surface area contributed by atoms with Gasteiger partial charge in [-0.15, -0.1) is 11.3 Å². The van der Waals surface area contributed by atoms with Crippen LogP contribution in [0.2, 0.25) is 0 Å². The number of nitrogens with zero attached hydrogens (tertiary/aromatic N) is 3. The van der Waals surface area contributed by atoms with Gasteiger partial charge in [0.1, 0.15) is 0 Å². The van der Waals surface area contributed by atoms with Gasteiger partial charge in [-0.2, -0.15) is 5.10 Å². The fraction of sp³-hybridized carbons (Fsp3) is 0.143. The van der Waals surface area contributed by atoms with Gasteiger partial charge in [0.25, 0.3) is 0 Å². The van der Waals surface area contributed by atoms with Gasteiger partial charge < -0.3 is 0 Å². The number of rotatable bonds is 1. The maximum Gasteiger partial charge on any atom is 0.164 e. The van der Waals surface area contributed by atoms with Crippen LogP contribution in [0.4, 0.5) is 0 Å². The number of thiazole rings is 1. The van der Waals surface area contributed by atoms with Crippen molar-refractivity contribution in [3.8, 4) is 5.82 Å². The lowest BCUT2D eigenvalue weighted by Gasteiger charge is -1.91. The lowest BCUT2D eigenvalue weighted by atomic mass is 10.7. The topological polar surface area (TPSA) is 30.7 Å². The van der Waals surface area contributed by atoms with Crippen LogP contribution < -0.4 is 0 Å². The van der Waals surface area contributed by atoms with E-state index < -0.39 is 0 Å². The maximum absolute atomic E-state index is 4.31. The van der Waals surface area contributed by atoms with Crippen molar-refractivity contribution in [3.05, 3.63) is 26.4 Å². The molecule has 0 unspecified atom stereocenters. The summed E-state index contributed by atoms with van der Waals surface area (Å²) in [6.45, 7) is 1.99. The predicted molar refractivity (Wildman–Crippen MR) is 56.7 cm³/mol. The van der Waals surface area contributed by atoms with Crippen molar-refractivity contribution in [3.63, 3.8) is 0 Å². The molecule has 2 aromatic heterocycles. The Bertz CT molecular complexity index is 355. The zero-order valence-electron chi connectivity index (χ0n) is 6.36. The highest BCUT2D eigenvalue weighted by Gasteiger charge is 2.01. The Kier molecular flexibility index (Phi) is 2.14. The first-order chi connectivity index (χ1) is 5.75. The lowest BCUT2D eigenvalue weighted by molar-refractivity contribution is 0.851. The molecule has 62 valence electrons. The third-order valence-electron chi connectivity index (χ3n) is 1.39. The SMILES string of the molecule is Cc1nc(-n2cc(I)cn2)cs1. The highest BCUT2D eigenvalue weighted by molar-refractivity contribution is 14.1. The summed E-state index contributed by atoms with van der Waals surface area (Å²) < 4.78 is 2.91. The molecule has 2 rings (SSSR count). The fourth-order valence-corrected chi connectivity index (χ4v) is 1.85. The van der Waals surface area contributed by atoms with Gasteiger partial charge in [0.05, 0.1) is 14.8 Å². The molecule has 0 bridgehead atoms. The summed E-state index contributed by atoms with van der Waals surface area (Å²) >= 11 is 3.86. The van der Waals surface area contributed by atoms with Crippen LogP contribution in [0.5, 0.6) is 0 Å². The standard InChI is InChI=1S/C7H6IN3S/c1-5-10-7(4-12-5)11-3-6(8)2-9-11/h2-4H,1H3. The van der Waals surface area contributed by atoms with E-state index >= 15 is 0 Å². The van der Waals surface area contributed by atoms with Crippen molar-refractivity contribution >= 4 is 33.9 Å². The summed E-state index contributed by atoms with van der Waals surface area (Å²) in [6.07, 6.45) is 3.77.